The van der Waals surface area contributed by atoms with Gasteiger partial charge < -0.3 is 10.2 Å². The molecule has 3 heteroatoms. The Kier molecular flexibility index (Phi) is 3.74. The molecule has 2 heterocycles. The number of rotatable bonds is 5. The van der Waals surface area contributed by atoms with Crippen LogP contribution in [0, 0.1) is 11.8 Å². The monoisotopic (exact) mass is 259 g/mol. The van der Waals surface area contributed by atoms with Crippen molar-refractivity contribution in [3.8, 4) is 0 Å². The van der Waals surface area contributed by atoms with Gasteiger partial charge in [-0.3, -0.25) is 4.98 Å². The molecule has 1 aromatic rings. The Bertz CT molecular complexity index is 430. The molecule has 1 aliphatic carbocycles. The number of hydrogen-bond donors (Lipinski definition) is 1. The topological polar surface area (TPSA) is 28.2 Å². The van der Waals surface area contributed by atoms with E-state index in [0.717, 1.165) is 25.0 Å². The predicted octanol–water partition coefficient (Wildman–Crippen LogP) is 2.82. The van der Waals surface area contributed by atoms with Gasteiger partial charge in [0.15, 0.2) is 0 Å². The summed E-state index contributed by atoms with van der Waals surface area (Å²) in [5.41, 5.74) is 2.77. The number of aromatic nitrogens is 1. The molecule has 104 valence electrons. The quantitative estimate of drug-likeness (QED) is 0.881. The highest BCUT2D eigenvalue weighted by Gasteiger charge is 2.38. The van der Waals surface area contributed by atoms with Crippen LogP contribution in [0.15, 0.2) is 18.5 Å². The molecule has 0 amide bonds. The van der Waals surface area contributed by atoms with Crippen molar-refractivity contribution in [3.05, 3.63) is 24.0 Å². The minimum absolute atomic E-state index is 0.697. The maximum atomic E-state index is 4.31. The molecule has 2 aliphatic rings. The molecule has 1 N–H and O–H groups in total. The highest BCUT2D eigenvalue weighted by molar-refractivity contribution is 5.54. The van der Waals surface area contributed by atoms with Crippen molar-refractivity contribution in [1.82, 2.24) is 10.3 Å². The second kappa shape index (κ2) is 5.49. The van der Waals surface area contributed by atoms with Crippen LogP contribution in [0.3, 0.4) is 0 Å². The van der Waals surface area contributed by atoms with Crippen LogP contribution in [0.5, 0.6) is 0 Å². The van der Waals surface area contributed by atoms with Crippen LogP contribution >= 0.6 is 0 Å². The fourth-order valence-corrected chi connectivity index (χ4v) is 3.55. The number of pyridine rings is 1. The summed E-state index contributed by atoms with van der Waals surface area (Å²) in [5.74, 6) is 1.64. The van der Waals surface area contributed by atoms with E-state index in [1.807, 2.05) is 12.4 Å². The lowest BCUT2D eigenvalue weighted by molar-refractivity contribution is 0.541. The molecule has 19 heavy (non-hydrogen) atoms. The molecule has 1 saturated heterocycles. The second-order valence-corrected chi connectivity index (χ2v) is 6.51. The maximum absolute atomic E-state index is 4.31. The predicted molar refractivity (Wildman–Crippen MR) is 79.3 cm³/mol. The Morgan fingerprint density at radius 1 is 1.42 bits per heavy atom. The first-order valence-electron chi connectivity index (χ1n) is 7.64. The largest absolute Gasteiger partial charge is 0.368 e. The molecule has 1 aliphatic heterocycles. The SMILES string of the molecule is CC(C)CNCc1cnccc1N1CC2CCC1C2. The van der Waals surface area contributed by atoms with E-state index in [1.54, 1.807) is 0 Å². The molecule has 2 atom stereocenters. The van der Waals surface area contributed by atoms with E-state index >= 15 is 0 Å². The van der Waals surface area contributed by atoms with Gasteiger partial charge in [0, 0.05) is 42.8 Å². The second-order valence-electron chi connectivity index (χ2n) is 6.51. The average Bonchev–Trinajstić information content (AvgIpc) is 3.01. The zero-order valence-corrected chi connectivity index (χ0v) is 12.1. The molecular weight excluding hydrogens is 234 g/mol. The van der Waals surface area contributed by atoms with Crippen LogP contribution in [0.4, 0.5) is 5.69 Å². The first-order valence-corrected chi connectivity index (χ1v) is 7.64. The molecule has 2 bridgehead atoms. The van der Waals surface area contributed by atoms with Crippen LogP contribution in [0.2, 0.25) is 0 Å². The van der Waals surface area contributed by atoms with Gasteiger partial charge in [-0.15, -0.1) is 0 Å². The van der Waals surface area contributed by atoms with Crippen LogP contribution in [-0.2, 0) is 6.54 Å². The molecule has 0 aromatic carbocycles. The average molecular weight is 259 g/mol. The van der Waals surface area contributed by atoms with Gasteiger partial charge in [0.1, 0.15) is 0 Å². The molecule has 1 aromatic heterocycles. The van der Waals surface area contributed by atoms with E-state index in [0.29, 0.717) is 5.92 Å². The van der Waals surface area contributed by atoms with Crippen LogP contribution in [0.25, 0.3) is 0 Å². The van der Waals surface area contributed by atoms with Crippen LogP contribution in [0.1, 0.15) is 38.7 Å². The lowest BCUT2D eigenvalue weighted by atomic mass is 10.1. The summed E-state index contributed by atoms with van der Waals surface area (Å²) in [6.07, 6.45) is 8.20. The molecule has 0 radical (unpaired) electrons. The number of piperidine rings is 1. The van der Waals surface area contributed by atoms with Gasteiger partial charge in [-0.2, -0.15) is 0 Å². The van der Waals surface area contributed by atoms with E-state index in [1.165, 1.54) is 37.1 Å². The number of hydrogen-bond acceptors (Lipinski definition) is 3. The van der Waals surface area contributed by atoms with Crippen molar-refractivity contribution in [1.29, 1.82) is 0 Å². The summed E-state index contributed by atoms with van der Waals surface area (Å²) in [6.45, 7) is 7.76. The third-order valence-corrected chi connectivity index (χ3v) is 4.46. The van der Waals surface area contributed by atoms with E-state index in [-0.39, 0.29) is 0 Å². The first kappa shape index (κ1) is 12.9. The lowest BCUT2D eigenvalue weighted by Gasteiger charge is -2.31. The standard InChI is InChI=1S/C16H25N3/c1-12(2)8-18-10-14-9-17-6-5-16(14)19-11-13-3-4-15(19)7-13/h5-6,9,12-13,15,18H,3-4,7-8,10-11H2,1-2H3. The van der Waals surface area contributed by atoms with Crippen molar-refractivity contribution >= 4 is 5.69 Å². The van der Waals surface area contributed by atoms with Gasteiger partial charge in [0.05, 0.1) is 0 Å². The Morgan fingerprint density at radius 2 is 2.32 bits per heavy atom. The van der Waals surface area contributed by atoms with Gasteiger partial charge in [-0.25, -0.2) is 0 Å². The highest BCUT2D eigenvalue weighted by Crippen LogP contribution is 2.40. The third-order valence-electron chi connectivity index (χ3n) is 4.46. The summed E-state index contributed by atoms with van der Waals surface area (Å²) < 4.78 is 0. The van der Waals surface area contributed by atoms with Crippen molar-refractivity contribution in [3.63, 3.8) is 0 Å². The van der Waals surface area contributed by atoms with Crippen molar-refractivity contribution < 1.29 is 0 Å². The Hall–Kier alpha value is -1.09. The summed E-state index contributed by atoms with van der Waals surface area (Å²) in [7, 11) is 0. The Labute approximate surface area is 116 Å². The fourth-order valence-electron chi connectivity index (χ4n) is 3.55. The summed E-state index contributed by atoms with van der Waals surface area (Å²) in [6, 6.07) is 2.99. The van der Waals surface area contributed by atoms with E-state index in [9.17, 15) is 0 Å². The number of nitrogens with one attached hydrogen (secondary N) is 1. The lowest BCUT2D eigenvalue weighted by Crippen LogP contribution is -2.33. The molecule has 3 nitrogen and oxygen atoms in total. The molecular formula is C16H25N3. The van der Waals surface area contributed by atoms with Crippen molar-refractivity contribution in [2.75, 3.05) is 18.0 Å². The Balaban J connectivity index is 1.70. The minimum Gasteiger partial charge on any atom is -0.368 e. The van der Waals surface area contributed by atoms with Crippen molar-refractivity contribution in [2.45, 2.75) is 45.7 Å². The molecule has 0 spiro atoms. The summed E-state index contributed by atoms with van der Waals surface area (Å²) >= 11 is 0. The maximum Gasteiger partial charge on any atom is 0.0445 e. The van der Waals surface area contributed by atoms with Gasteiger partial charge in [-0.1, -0.05) is 13.8 Å². The van der Waals surface area contributed by atoms with E-state index < -0.39 is 0 Å². The fraction of sp³-hybridized carbons (Fsp3) is 0.688. The van der Waals surface area contributed by atoms with E-state index in [2.05, 4.69) is 35.1 Å². The zero-order chi connectivity index (χ0) is 13.2. The zero-order valence-electron chi connectivity index (χ0n) is 12.1. The number of nitrogens with zero attached hydrogens (tertiary/aromatic N) is 2. The molecule has 2 fully saturated rings. The van der Waals surface area contributed by atoms with E-state index in [4.69, 9.17) is 0 Å². The number of anilines is 1. The van der Waals surface area contributed by atoms with Crippen molar-refractivity contribution in [2.24, 2.45) is 11.8 Å². The third kappa shape index (κ3) is 2.76. The molecule has 1 saturated carbocycles. The van der Waals surface area contributed by atoms with Crippen LogP contribution < -0.4 is 10.2 Å². The summed E-state index contributed by atoms with van der Waals surface area (Å²) in [4.78, 5) is 6.94. The highest BCUT2D eigenvalue weighted by atomic mass is 15.2. The van der Waals surface area contributed by atoms with Crippen LogP contribution in [-0.4, -0.2) is 24.1 Å². The Morgan fingerprint density at radius 3 is 3.00 bits per heavy atom. The minimum atomic E-state index is 0.697. The smallest absolute Gasteiger partial charge is 0.0445 e. The molecule has 2 unspecified atom stereocenters. The first-order chi connectivity index (χ1) is 9.24. The van der Waals surface area contributed by atoms with Gasteiger partial charge in [-0.05, 0) is 43.7 Å². The normalized spacial score (nSPS) is 25.5. The van der Waals surface area contributed by atoms with Gasteiger partial charge >= 0.3 is 0 Å². The van der Waals surface area contributed by atoms with Gasteiger partial charge in [0.2, 0.25) is 0 Å². The number of fused-ring (bicyclic) bond motifs is 2. The van der Waals surface area contributed by atoms with Gasteiger partial charge in [0.25, 0.3) is 0 Å². The summed E-state index contributed by atoms with van der Waals surface area (Å²) in [5, 5.41) is 3.54. The molecule has 3 rings (SSSR count).